The fraction of sp³-hybridized carbons (Fsp3) is 0.158. The summed E-state index contributed by atoms with van der Waals surface area (Å²) in [6, 6.07) is 12.1. The van der Waals surface area contributed by atoms with Gasteiger partial charge < -0.3 is 4.90 Å². The molecular formula is C19H16F3N3OS. The molecule has 1 fully saturated rings. The molecule has 1 aliphatic rings. The number of nitrogens with one attached hydrogen (secondary N) is 1. The van der Waals surface area contributed by atoms with Gasteiger partial charge in [0.15, 0.2) is 5.17 Å². The number of amidine groups is 1. The summed E-state index contributed by atoms with van der Waals surface area (Å²) in [7, 11) is 3.81. The molecule has 0 saturated carbocycles. The molecule has 0 atom stereocenters. The van der Waals surface area contributed by atoms with Gasteiger partial charge in [-0.1, -0.05) is 24.3 Å². The predicted molar refractivity (Wildman–Crippen MR) is 103 cm³/mol. The molecule has 4 nitrogen and oxygen atoms in total. The van der Waals surface area contributed by atoms with Crippen molar-refractivity contribution in [2.75, 3.05) is 23.9 Å². The molecule has 0 aliphatic carbocycles. The molecule has 1 amide bonds. The highest BCUT2D eigenvalue weighted by atomic mass is 32.2. The Balaban J connectivity index is 1.94. The van der Waals surface area contributed by atoms with Crippen molar-refractivity contribution in [3.8, 4) is 0 Å². The first-order chi connectivity index (χ1) is 12.7. The maximum absolute atomic E-state index is 13.3. The van der Waals surface area contributed by atoms with E-state index in [0.29, 0.717) is 0 Å². The minimum atomic E-state index is -4.61. The number of alkyl halides is 3. The zero-order valence-corrected chi connectivity index (χ0v) is 15.4. The standard InChI is InChI=1S/C19H16F3N3OS/c1-24(2)13-9-7-12(8-10-13)11-16-17(26)25(18(23)27-16)15-6-4-3-5-14(15)19(20,21)22/h3-11,23H,1-2H3/b16-11-,23-18?. The van der Waals surface area contributed by atoms with Crippen LogP contribution in [0, 0.1) is 5.41 Å². The average Bonchev–Trinajstić information content (AvgIpc) is 2.88. The van der Waals surface area contributed by atoms with Crippen molar-refractivity contribution >= 4 is 40.3 Å². The van der Waals surface area contributed by atoms with Gasteiger partial charge in [0, 0.05) is 19.8 Å². The molecule has 1 heterocycles. The number of benzene rings is 2. The van der Waals surface area contributed by atoms with E-state index in [0.717, 1.165) is 34.0 Å². The van der Waals surface area contributed by atoms with Gasteiger partial charge in [0.05, 0.1) is 16.2 Å². The number of halogens is 3. The Hall–Kier alpha value is -2.74. The summed E-state index contributed by atoms with van der Waals surface area (Å²) in [4.78, 5) is 15.6. The van der Waals surface area contributed by atoms with E-state index in [4.69, 9.17) is 5.41 Å². The fourth-order valence-electron chi connectivity index (χ4n) is 2.63. The number of carbonyl (C=O) groups is 1. The van der Waals surface area contributed by atoms with Gasteiger partial charge in [-0.25, -0.2) is 0 Å². The molecule has 0 spiro atoms. The van der Waals surface area contributed by atoms with Crippen LogP contribution in [-0.2, 0) is 11.0 Å². The lowest BCUT2D eigenvalue weighted by Crippen LogP contribution is -2.30. The van der Waals surface area contributed by atoms with E-state index in [2.05, 4.69) is 0 Å². The molecule has 1 aliphatic heterocycles. The summed E-state index contributed by atoms with van der Waals surface area (Å²) in [6.45, 7) is 0. The van der Waals surface area contributed by atoms with E-state index in [9.17, 15) is 18.0 Å². The van der Waals surface area contributed by atoms with E-state index < -0.39 is 17.6 Å². The van der Waals surface area contributed by atoms with Crippen LogP contribution in [0.2, 0.25) is 0 Å². The smallest absolute Gasteiger partial charge is 0.378 e. The van der Waals surface area contributed by atoms with Gasteiger partial charge in [0.1, 0.15) is 0 Å². The van der Waals surface area contributed by atoms with E-state index in [1.54, 1.807) is 6.08 Å². The van der Waals surface area contributed by atoms with Crippen LogP contribution >= 0.6 is 11.8 Å². The van der Waals surface area contributed by atoms with Gasteiger partial charge >= 0.3 is 6.18 Å². The van der Waals surface area contributed by atoms with Crippen LogP contribution in [-0.4, -0.2) is 25.2 Å². The van der Waals surface area contributed by atoms with Crippen molar-refractivity contribution < 1.29 is 18.0 Å². The van der Waals surface area contributed by atoms with Gasteiger partial charge in [-0.3, -0.25) is 15.1 Å². The van der Waals surface area contributed by atoms with E-state index >= 15 is 0 Å². The minimum absolute atomic E-state index is 0.203. The molecule has 140 valence electrons. The third-order valence-electron chi connectivity index (χ3n) is 3.98. The lowest BCUT2D eigenvalue weighted by molar-refractivity contribution is -0.137. The normalized spacial score (nSPS) is 16.3. The summed E-state index contributed by atoms with van der Waals surface area (Å²) in [5.41, 5.74) is 0.436. The van der Waals surface area contributed by atoms with E-state index in [1.165, 1.54) is 18.2 Å². The number of para-hydroxylation sites is 1. The predicted octanol–water partition coefficient (Wildman–Crippen LogP) is 4.83. The molecule has 0 bridgehead atoms. The number of rotatable bonds is 3. The zero-order valence-electron chi connectivity index (χ0n) is 14.5. The summed E-state index contributed by atoms with van der Waals surface area (Å²) >= 11 is 0.844. The number of nitrogens with zero attached hydrogens (tertiary/aromatic N) is 2. The first kappa shape index (κ1) is 19.0. The second kappa shape index (κ2) is 7.11. The van der Waals surface area contributed by atoms with Crippen molar-refractivity contribution in [3.63, 3.8) is 0 Å². The maximum atomic E-state index is 13.3. The second-order valence-corrected chi connectivity index (χ2v) is 7.09. The first-order valence-corrected chi connectivity index (χ1v) is 8.76. The summed E-state index contributed by atoms with van der Waals surface area (Å²) < 4.78 is 39.8. The zero-order chi connectivity index (χ0) is 19.8. The topological polar surface area (TPSA) is 47.4 Å². The highest BCUT2D eigenvalue weighted by Gasteiger charge is 2.40. The van der Waals surface area contributed by atoms with Gasteiger partial charge in [-0.05, 0) is 47.7 Å². The Labute approximate surface area is 158 Å². The molecule has 8 heteroatoms. The summed E-state index contributed by atoms with van der Waals surface area (Å²) in [5.74, 6) is -0.640. The third kappa shape index (κ3) is 3.85. The van der Waals surface area contributed by atoms with Crippen LogP contribution in [0.15, 0.2) is 53.4 Å². The van der Waals surface area contributed by atoms with Gasteiger partial charge in [0.25, 0.3) is 5.91 Å². The van der Waals surface area contributed by atoms with Gasteiger partial charge in [-0.2, -0.15) is 13.2 Å². The summed E-state index contributed by atoms with van der Waals surface area (Å²) in [6.07, 6.45) is -3.03. The number of hydrogen-bond acceptors (Lipinski definition) is 4. The SMILES string of the molecule is CN(C)c1ccc(/C=C2\SC(=N)N(c3ccccc3C(F)(F)F)C2=O)cc1. The number of hydrogen-bond donors (Lipinski definition) is 1. The Kier molecular flexibility index (Phi) is 5.01. The molecular weight excluding hydrogens is 375 g/mol. The number of carbonyl (C=O) groups excluding carboxylic acids is 1. The molecule has 2 aromatic rings. The third-order valence-corrected chi connectivity index (χ3v) is 4.87. The quantitative estimate of drug-likeness (QED) is 0.763. The highest BCUT2D eigenvalue weighted by Crippen LogP contribution is 2.41. The van der Waals surface area contributed by atoms with Gasteiger partial charge in [0.2, 0.25) is 0 Å². The van der Waals surface area contributed by atoms with Crippen LogP contribution in [0.1, 0.15) is 11.1 Å². The van der Waals surface area contributed by atoms with Crippen LogP contribution in [0.4, 0.5) is 24.5 Å². The number of thioether (sulfide) groups is 1. The lowest BCUT2D eigenvalue weighted by Gasteiger charge is -2.19. The monoisotopic (exact) mass is 391 g/mol. The largest absolute Gasteiger partial charge is 0.418 e. The molecule has 3 rings (SSSR count). The Morgan fingerprint density at radius 3 is 2.30 bits per heavy atom. The first-order valence-electron chi connectivity index (χ1n) is 7.94. The minimum Gasteiger partial charge on any atom is -0.378 e. The van der Waals surface area contributed by atoms with Crippen LogP contribution in [0.5, 0.6) is 0 Å². The summed E-state index contributed by atoms with van der Waals surface area (Å²) in [5, 5.41) is 7.76. The Morgan fingerprint density at radius 1 is 1.07 bits per heavy atom. The number of anilines is 2. The molecule has 0 aromatic heterocycles. The molecule has 2 aromatic carbocycles. The average molecular weight is 391 g/mol. The van der Waals surface area contributed by atoms with Crippen LogP contribution in [0.3, 0.4) is 0 Å². The Bertz CT molecular complexity index is 921. The van der Waals surface area contributed by atoms with Crippen molar-refractivity contribution in [1.29, 1.82) is 5.41 Å². The molecule has 27 heavy (non-hydrogen) atoms. The molecule has 1 saturated heterocycles. The highest BCUT2D eigenvalue weighted by molar-refractivity contribution is 8.19. The lowest BCUT2D eigenvalue weighted by atomic mass is 10.1. The van der Waals surface area contributed by atoms with E-state index in [1.807, 2.05) is 43.3 Å². The number of amides is 1. The fourth-order valence-corrected chi connectivity index (χ4v) is 3.49. The molecule has 0 unspecified atom stereocenters. The second-order valence-electron chi connectivity index (χ2n) is 6.06. The Morgan fingerprint density at radius 2 is 1.70 bits per heavy atom. The van der Waals surface area contributed by atoms with Crippen LogP contribution in [0.25, 0.3) is 6.08 Å². The van der Waals surface area contributed by atoms with E-state index in [-0.39, 0.29) is 15.8 Å². The van der Waals surface area contributed by atoms with Crippen molar-refractivity contribution in [3.05, 3.63) is 64.6 Å². The maximum Gasteiger partial charge on any atom is 0.418 e. The van der Waals surface area contributed by atoms with Crippen molar-refractivity contribution in [2.45, 2.75) is 6.18 Å². The molecule has 1 N–H and O–H groups in total. The van der Waals surface area contributed by atoms with Crippen molar-refractivity contribution in [2.24, 2.45) is 0 Å². The van der Waals surface area contributed by atoms with Gasteiger partial charge in [-0.15, -0.1) is 0 Å². The van der Waals surface area contributed by atoms with Crippen LogP contribution < -0.4 is 9.80 Å². The molecule has 0 radical (unpaired) electrons. The van der Waals surface area contributed by atoms with Crippen molar-refractivity contribution in [1.82, 2.24) is 0 Å².